The quantitative estimate of drug-likeness (QED) is 0.851. The van der Waals surface area contributed by atoms with E-state index in [2.05, 4.69) is 15.9 Å². The van der Waals surface area contributed by atoms with E-state index in [4.69, 9.17) is 28.9 Å². The molecule has 0 atom stereocenters. The van der Waals surface area contributed by atoms with Gasteiger partial charge in [0.25, 0.3) is 0 Å². The molecule has 1 fully saturated rings. The van der Waals surface area contributed by atoms with E-state index in [0.717, 1.165) is 48.3 Å². The smallest absolute Gasteiger partial charge is 0.0790 e. The Morgan fingerprint density at radius 3 is 2.19 bits per heavy atom. The molecule has 0 saturated carbocycles. The molecule has 0 bridgehead atoms. The van der Waals surface area contributed by atoms with Crippen molar-refractivity contribution in [1.29, 1.82) is 0 Å². The molecule has 21 heavy (non-hydrogen) atoms. The summed E-state index contributed by atoms with van der Waals surface area (Å²) in [6, 6.07) is 13.6. The lowest BCUT2D eigenvalue weighted by molar-refractivity contribution is 0.654. The molecule has 3 rings (SSSR count). The van der Waals surface area contributed by atoms with Crippen LogP contribution in [0.15, 0.2) is 42.5 Å². The Labute approximate surface area is 134 Å². The zero-order valence-electron chi connectivity index (χ0n) is 11.6. The number of hydrogen-bond acceptors (Lipinski definition) is 3. The third-order valence-electron chi connectivity index (χ3n) is 3.79. The number of anilines is 3. The van der Waals surface area contributed by atoms with Gasteiger partial charge in [-0.15, -0.1) is 0 Å². The lowest BCUT2D eigenvalue weighted by atomic mass is 10.2. The standard InChI is InChI=1S/C16H17Cl2N3/c17-12-3-1-4-13(11-12)20-7-9-21(10-8-20)16-14(18)5-2-6-15(16)19/h1-6,11H,7-10,19H2. The maximum absolute atomic E-state index is 6.28. The fourth-order valence-corrected chi connectivity index (χ4v) is 3.21. The zero-order chi connectivity index (χ0) is 14.8. The second kappa shape index (κ2) is 6.04. The number of piperazine rings is 1. The highest BCUT2D eigenvalue weighted by molar-refractivity contribution is 6.34. The van der Waals surface area contributed by atoms with Gasteiger partial charge in [0.2, 0.25) is 0 Å². The van der Waals surface area contributed by atoms with Crippen molar-refractivity contribution in [2.75, 3.05) is 41.7 Å². The van der Waals surface area contributed by atoms with Crippen LogP contribution in [-0.4, -0.2) is 26.2 Å². The predicted octanol–water partition coefficient (Wildman–Crippen LogP) is 3.90. The third-order valence-corrected chi connectivity index (χ3v) is 4.33. The van der Waals surface area contributed by atoms with Gasteiger partial charge in [0, 0.05) is 36.9 Å². The average molecular weight is 322 g/mol. The van der Waals surface area contributed by atoms with Crippen molar-refractivity contribution in [3.05, 3.63) is 52.5 Å². The van der Waals surface area contributed by atoms with Gasteiger partial charge in [-0.2, -0.15) is 0 Å². The molecule has 1 heterocycles. The summed E-state index contributed by atoms with van der Waals surface area (Å²) in [7, 11) is 0. The zero-order valence-corrected chi connectivity index (χ0v) is 13.1. The number of benzene rings is 2. The van der Waals surface area contributed by atoms with Gasteiger partial charge in [-0.05, 0) is 30.3 Å². The number of nitrogen functional groups attached to an aromatic ring is 1. The largest absolute Gasteiger partial charge is 0.397 e. The van der Waals surface area contributed by atoms with E-state index in [-0.39, 0.29) is 0 Å². The van der Waals surface area contributed by atoms with Crippen molar-refractivity contribution in [3.8, 4) is 0 Å². The summed E-state index contributed by atoms with van der Waals surface area (Å²) >= 11 is 12.3. The molecule has 1 aliphatic rings. The molecule has 0 aromatic heterocycles. The van der Waals surface area contributed by atoms with Crippen molar-refractivity contribution in [2.45, 2.75) is 0 Å². The average Bonchev–Trinajstić information content (AvgIpc) is 2.48. The van der Waals surface area contributed by atoms with Gasteiger partial charge >= 0.3 is 0 Å². The maximum atomic E-state index is 6.28. The van der Waals surface area contributed by atoms with E-state index in [1.165, 1.54) is 0 Å². The van der Waals surface area contributed by atoms with Crippen LogP contribution in [0.25, 0.3) is 0 Å². The molecule has 5 heteroatoms. The summed E-state index contributed by atoms with van der Waals surface area (Å²) in [6.07, 6.45) is 0. The lowest BCUT2D eigenvalue weighted by Crippen LogP contribution is -2.46. The molecule has 0 radical (unpaired) electrons. The normalized spacial score (nSPS) is 15.3. The maximum Gasteiger partial charge on any atom is 0.0790 e. The van der Waals surface area contributed by atoms with Gasteiger partial charge in [-0.3, -0.25) is 0 Å². The second-order valence-corrected chi connectivity index (χ2v) is 5.98. The first-order chi connectivity index (χ1) is 10.1. The van der Waals surface area contributed by atoms with E-state index < -0.39 is 0 Å². The Hall–Kier alpha value is -1.58. The summed E-state index contributed by atoms with van der Waals surface area (Å²) in [4.78, 5) is 4.58. The van der Waals surface area contributed by atoms with Crippen molar-refractivity contribution < 1.29 is 0 Å². The van der Waals surface area contributed by atoms with Gasteiger partial charge in [0.15, 0.2) is 0 Å². The van der Waals surface area contributed by atoms with Crippen molar-refractivity contribution in [2.24, 2.45) is 0 Å². The molecule has 0 amide bonds. The summed E-state index contributed by atoms with van der Waals surface area (Å²) in [5, 5.41) is 1.48. The molecule has 2 N–H and O–H groups in total. The number of rotatable bonds is 2. The van der Waals surface area contributed by atoms with Crippen molar-refractivity contribution >= 4 is 40.3 Å². The Balaban J connectivity index is 1.73. The molecule has 0 unspecified atom stereocenters. The first-order valence-corrected chi connectivity index (χ1v) is 7.70. The van der Waals surface area contributed by atoms with E-state index in [9.17, 15) is 0 Å². The van der Waals surface area contributed by atoms with Gasteiger partial charge in [0.1, 0.15) is 0 Å². The SMILES string of the molecule is Nc1cccc(Cl)c1N1CCN(c2cccc(Cl)c2)CC1. The van der Waals surface area contributed by atoms with E-state index in [1.807, 2.05) is 36.4 Å². The first kappa shape index (κ1) is 14.4. The van der Waals surface area contributed by atoms with Crippen molar-refractivity contribution in [3.63, 3.8) is 0 Å². The Bertz CT molecular complexity index is 617. The fourth-order valence-electron chi connectivity index (χ4n) is 2.73. The number of hydrogen-bond donors (Lipinski definition) is 1. The van der Waals surface area contributed by atoms with E-state index in [1.54, 1.807) is 0 Å². The van der Waals surface area contributed by atoms with Crippen LogP contribution in [0.3, 0.4) is 0 Å². The van der Waals surface area contributed by atoms with E-state index in [0.29, 0.717) is 5.02 Å². The van der Waals surface area contributed by atoms with Gasteiger partial charge < -0.3 is 15.5 Å². The van der Waals surface area contributed by atoms with E-state index >= 15 is 0 Å². The number of nitrogens with two attached hydrogens (primary N) is 1. The number of nitrogens with zero attached hydrogens (tertiary/aromatic N) is 2. The van der Waals surface area contributed by atoms with Crippen LogP contribution in [0.4, 0.5) is 17.1 Å². The Morgan fingerprint density at radius 2 is 1.52 bits per heavy atom. The first-order valence-electron chi connectivity index (χ1n) is 6.94. The van der Waals surface area contributed by atoms with Crippen LogP contribution in [0.5, 0.6) is 0 Å². The van der Waals surface area contributed by atoms with Crippen LogP contribution < -0.4 is 15.5 Å². The van der Waals surface area contributed by atoms with Crippen LogP contribution >= 0.6 is 23.2 Å². The minimum Gasteiger partial charge on any atom is -0.397 e. The minimum absolute atomic E-state index is 0.714. The monoisotopic (exact) mass is 321 g/mol. The highest BCUT2D eigenvalue weighted by Gasteiger charge is 2.20. The van der Waals surface area contributed by atoms with Gasteiger partial charge in [0.05, 0.1) is 16.4 Å². The molecule has 2 aromatic rings. The highest BCUT2D eigenvalue weighted by Crippen LogP contribution is 2.33. The summed E-state index contributed by atoms with van der Waals surface area (Å²) in [5.41, 5.74) is 8.91. The molecule has 0 spiro atoms. The van der Waals surface area contributed by atoms with Crippen LogP contribution in [0, 0.1) is 0 Å². The summed E-state index contributed by atoms with van der Waals surface area (Å²) in [6.45, 7) is 3.62. The van der Waals surface area contributed by atoms with Crippen LogP contribution in [-0.2, 0) is 0 Å². The summed E-state index contributed by atoms with van der Waals surface area (Å²) in [5.74, 6) is 0. The third kappa shape index (κ3) is 3.04. The second-order valence-electron chi connectivity index (χ2n) is 5.13. The predicted molar refractivity (Wildman–Crippen MR) is 91.7 cm³/mol. The van der Waals surface area contributed by atoms with Gasteiger partial charge in [-0.1, -0.05) is 35.3 Å². The minimum atomic E-state index is 0.714. The molecule has 1 saturated heterocycles. The molecule has 0 aliphatic carbocycles. The molecule has 3 nitrogen and oxygen atoms in total. The lowest BCUT2D eigenvalue weighted by Gasteiger charge is -2.38. The molecule has 2 aromatic carbocycles. The molecular weight excluding hydrogens is 305 g/mol. The summed E-state index contributed by atoms with van der Waals surface area (Å²) < 4.78 is 0. The topological polar surface area (TPSA) is 32.5 Å². The Kier molecular flexibility index (Phi) is 4.13. The Morgan fingerprint density at radius 1 is 0.857 bits per heavy atom. The molecule has 1 aliphatic heterocycles. The number of halogens is 2. The molecule has 110 valence electrons. The fraction of sp³-hybridized carbons (Fsp3) is 0.250. The van der Waals surface area contributed by atoms with Crippen LogP contribution in [0.1, 0.15) is 0 Å². The highest BCUT2D eigenvalue weighted by atomic mass is 35.5. The van der Waals surface area contributed by atoms with Crippen LogP contribution in [0.2, 0.25) is 10.0 Å². The number of para-hydroxylation sites is 1. The molecular formula is C16H17Cl2N3. The van der Waals surface area contributed by atoms with Gasteiger partial charge in [-0.25, -0.2) is 0 Å². The van der Waals surface area contributed by atoms with Crippen molar-refractivity contribution in [1.82, 2.24) is 0 Å².